The molecule has 0 N–H and O–H groups in total. The van der Waals surface area contributed by atoms with Gasteiger partial charge in [-0.15, -0.1) is 0 Å². The maximum absolute atomic E-state index is 13.2. The van der Waals surface area contributed by atoms with E-state index in [2.05, 4.69) is 33.9 Å². The molecule has 2 aromatic rings. The fourth-order valence-electron chi connectivity index (χ4n) is 2.88. The average molecular weight is 433 g/mol. The number of hydrogen-bond donors (Lipinski definition) is 0. The number of ether oxygens (including phenoxy) is 1. The largest absolute Gasteiger partial charge is 0.462 e. The number of esters is 1. The van der Waals surface area contributed by atoms with Gasteiger partial charge < -0.3 is 9.16 Å². The lowest BCUT2D eigenvalue weighted by Gasteiger charge is -2.38. The van der Waals surface area contributed by atoms with Crippen molar-refractivity contribution in [3.05, 3.63) is 62.9 Å². The summed E-state index contributed by atoms with van der Waals surface area (Å²) < 4.78 is 13.8. The lowest BCUT2D eigenvalue weighted by molar-refractivity contribution is 0.0521. The van der Waals surface area contributed by atoms with E-state index in [0.717, 1.165) is 4.57 Å². The van der Waals surface area contributed by atoms with Crippen LogP contribution >= 0.6 is 0 Å². The van der Waals surface area contributed by atoms with Crippen LogP contribution in [-0.2, 0) is 15.7 Å². The van der Waals surface area contributed by atoms with Crippen LogP contribution in [0.3, 0.4) is 0 Å². The standard InChI is InChI=1S/C22H32N2O5Si/c1-8-28-20(26)18-15-23(14-16(2)29-30(6,7)22(3,4)5)21(27)24(19(18)25)17-12-10-9-11-13-17/h9-13,15-16H,8,14H2,1-7H3. The van der Waals surface area contributed by atoms with Crippen LogP contribution in [0.4, 0.5) is 0 Å². The summed E-state index contributed by atoms with van der Waals surface area (Å²) >= 11 is 0. The van der Waals surface area contributed by atoms with Gasteiger partial charge in [-0.3, -0.25) is 9.36 Å². The Morgan fingerprint density at radius 1 is 1.13 bits per heavy atom. The van der Waals surface area contributed by atoms with Crippen LogP contribution in [0.5, 0.6) is 0 Å². The zero-order valence-electron chi connectivity index (χ0n) is 18.9. The Hall–Kier alpha value is -2.45. The molecule has 0 radical (unpaired) electrons. The van der Waals surface area contributed by atoms with Crippen molar-refractivity contribution >= 4 is 14.3 Å². The molecular formula is C22H32N2O5Si. The molecule has 1 aromatic carbocycles. The third-order valence-electron chi connectivity index (χ3n) is 5.42. The van der Waals surface area contributed by atoms with Gasteiger partial charge in [0.15, 0.2) is 8.32 Å². The van der Waals surface area contributed by atoms with Crippen molar-refractivity contribution in [3.63, 3.8) is 0 Å². The highest BCUT2D eigenvalue weighted by molar-refractivity contribution is 6.74. The zero-order chi connectivity index (χ0) is 22.7. The second kappa shape index (κ2) is 9.14. The Morgan fingerprint density at radius 3 is 2.27 bits per heavy atom. The van der Waals surface area contributed by atoms with Gasteiger partial charge in [-0.25, -0.2) is 14.2 Å². The number of benzene rings is 1. The Bertz CT molecular complexity index is 1000. The van der Waals surface area contributed by atoms with Crippen molar-refractivity contribution in [1.82, 2.24) is 9.13 Å². The average Bonchev–Trinajstić information content (AvgIpc) is 2.63. The highest BCUT2D eigenvalue weighted by Gasteiger charge is 2.38. The van der Waals surface area contributed by atoms with E-state index < -0.39 is 25.5 Å². The van der Waals surface area contributed by atoms with Crippen molar-refractivity contribution in [2.75, 3.05) is 6.61 Å². The molecule has 0 aliphatic carbocycles. The molecule has 0 aliphatic heterocycles. The van der Waals surface area contributed by atoms with Crippen LogP contribution in [0.2, 0.25) is 18.1 Å². The van der Waals surface area contributed by atoms with Gasteiger partial charge in [0, 0.05) is 6.20 Å². The highest BCUT2D eigenvalue weighted by Crippen LogP contribution is 2.37. The van der Waals surface area contributed by atoms with Crippen molar-refractivity contribution in [3.8, 4) is 5.69 Å². The monoisotopic (exact) mass is 432 g/mol. The molecule has 8 heteroatoms. The normalized spacial score (nSPS) is 13.2. The summed E-state index contributed by atoms with van der Waals surface area (Å²) in [7, 11) is -2.05. The number of carbonyl (C=O) groups excluding carboxylic acids is 1. The van der Waals surface area contributed by atoms with Crippen LogP contribution in [0.25, 0.3) is 5.69 Å². The van der Waals surface area contributed by atoms with E-state index in [1.54, 1.807) is 37.3 Å². The number of para-hydroxylation sites is 1. The number of carbonyl (C=O) groups is 1. The first-order valence-corrected chi connectivity index (χ1v) is 13.1. The third kappa shape index (κ3) is 5.17. The lowest BCUT2D eigenvalue weighted by Crippen LogP contribution is -2.46. The van der Waals surface area contributed by atoms with E-state index in [0.29, 0.717) is 5.69 Å². The second-order valence-electron chi connectivity index (χ2n) is 8.86. The van der Waals surface area contributed by atoms with Crippen LogP contribution < -0.4 is 11.2 Å². The molecule has 0 aliphatic rings. The Balaban J connectivity index is 2.54. The molecule has 2 rings (SSSR count). The van der Waals surface area contributed by atoms with E-state index in [1.165, 1.54) is 10.8 Å². The van der Waals surface area contributed by atoms with Gasteiger partial charge in [0.2, 0.25) is 0 Å². The van der Waals surface area contributed by atoms with E-state index in [9.17, 15) is 14.4 Å². The molecule has 1 heterocycles. The minimum absolute atomic E-state index is 0.0190. The molecule has 7 nitrogen and oxygen atoms in total. The van der Waals surface area contributed by atoms with Crippen LogP contribution in [0, 0.1) is 0 Å². The van der Waals surface area contributed by atoms with E-state index in [4.69, 9.17) is 9.16 Å². The van der Waals surface area contributed by atoms with Crippen LogP contribution in [-0.4, -0.2) is 36.1 Å². The van der Waals surface area contributed by atoms with Gasteiger partial charge >= 0.3 is 11.7 Å². The molecule has 30 heavy (non-hydrogen) atoms. The quantitative estimate of drug-likeness (QED) is 0.493. The predicted octanol–water partition coefficient (Wildman–Crippen LogP) is 3.59. The van der Waals surface area contributed by atoms with Gasteiger partial charge in [0.1, 0.15) is 5.56 Å². The third-order valence-corrected chi connectivity index (χ3v) is 10.0. The van der Waals surface area contributed by atoms with E-state index >= 15 is 0 Å². The number of rotatable bonds is 7. The molecule has 0 spiro atoms. The molecule has 164 valence electrons. The number of hydrogen-bond acceptors (Lipinski definition) is 5. The summed E-state index contributed by atoms with van der Waals surface area (Å²) in [4.78, 5) is 38.5. The molecule has 0 amide bonds. The summed E-state index contributed by atoms with van der Waals surface area (Å²) in [6.07, 6.45) is 1.01. The molecule has 1 unspecified atom stereocenters. The predicted molar refractivity (Wildman–Crippen MR) is 120 cm³/mol. The molecular weight excluding hydrogens is 400 g/mol. The van der Waals surface area contributed by atoms with Crippen LogP contribution in [0.15, 0.2) is 46.1 Å². The van der Waals surface area contributed by atoms with E-state index in [1.807, 2.05) is 6.92 Å². The van der Waals surface area contributed by atoms with Gasteiger partial charge in [-0.2, -0.15) is 0 Å². The van der Waals surface area contributed by atoms with Crippen molar-refractivity contribution in [2.24, 2.45) is 0 Å². The van der Waals surface area contributed by atoms with Crippen molar-refractivity contribution in [2.45, 2.75) is 65.4 Å². The summed E-state index contributed by atoms with van der Waals surface area (Å²) in [6, 6.07) is 8.55. The first kappa shape index (κ1) is 23.8. The summed E-state index contributed by atoms with van der Waals surface area (Å²) in [5.74, 6) is -0.751. The molecule has 0 fully saturated rings. The topological polar surface area (TPSA) is 79.5 Å². The summed E-state index contributed by atoms with van der Waals surface area (Å²) in [6.45, 7) is 14.6. The Labute approximate surface area is 178 Å². The van der Waals surface area contributed by atoms with Gasteiger partial charge in [-0.1, -0.05) is 39.0 Å². The minimum Gasteiger partial charge on any atom is -0.462 e. The number of aromatic nitrogens is 2. The molecule has 1 aromatic heterocycles. The first-order valence-electron chi connectivity index (χ1n) is 10.2. The Kier molecular flexibility index (Phi) is 7.25. The van der Waals surface area contributed by atoms with Crippen molar-refractivity contribution < 1.29 is 14.0 Å². The summed E-state index contributed by atoms with van der Waals surface area (Å²) in [5.41, 5.74) is -1.01. The fourth-order valence-corrected chi connectivity index (χ4v) is 4.31. The number of nitrogens with zero attached hydrogens (tertiary/aromatic N) is 2. The SMILES string of the molecule is CCOC(=O)c1cn(CC(C)O[Si](C)(C)C(C)(C)C)c(=O)n(-c2ccccc2)c1=O. The van der Waals surface area contributed by atoms with Gasteiger partial charge in [0.25, 0.3) is 5.56 Å². The highest BCUT2D eigenvalue weighted by atomic mass is 28.4. The van der Waals surface area contributed by atoms with E-state index in [-0.39, 0.29) is 29.9 Å². The van der Waals surface area contributed by atoms with Gasteiger partial charge in [-0.05, 0) is 44.1 Å². The summed E-state index contributed by atoms with van der Waals surface area (Å²) in [5, 5.41) is 0.0190. The molecule has 0 saturated heterocycles. The molecule has 1 atom stereocenters. The van der Waals surface area contributed by atoms with Crippen LogP contribution in [0.1, 0.15) is 45.0 Å². The zero-order valence-corrected chi connectivity index (χ0v) is 19.9. The lowest BCUT2D eigenvalue weighted by atomic mass is 10.2. The Morgan fingerprint density at radius 2 is 1.73 bits per heavy atom. The van der Waals surface area contributed by atoms with Crippen molar-refractivity contribution in [1.29, 1.82) is 0 Å². The second-order valence-corrected chi connectivity index (χ2v) is 13.6. The van der Waals surface area contributed by atoms with Gasteiger partial charge in [0.05, 0.1) is 24.9 Å². The fraction of sp³-hybridized carbons (Fsp3) is 0.500. The smallest absolute Gasteiger partial charge is 0.345 e. The maximum Gasteiger partial charge on any atom is 0.345 e. The first-order chi connectivity index (χ1) is 13.9. The molecule has 0 bridgehead atoms. The maximum atomic E-state index is 13.2. The minimum atomic E-state index is -2.05. The molecule has 0 saturated carbocycles.